The molecule has 0 radical (unpaired) electrons. The van der Waals surface area contributed by atoms with Crippen molar-refractivity contribution in [3.8, 4) is 0 Å². The van der Waals surface area contributed by atoms with Crippen molar-refractivity contribution in [3.05, 3.63) is 30.1 Å². The SMILES string of the molecule is COCCN(CCO)Cc1cccnc1. The van der Waals surface area contributed by atoms with E-state index in [0.29, 0.717) is 13.2 Å². The molecule has 1 heterocycles. The number of hydrogen-bond acceptors (Lipinski definition) is 4. The molecule has 15 heavy (non-hydrogen) atoms. The van der Waals surface area contributed by atoms with Crippen LogP contribution >= 0.6 is 0 Å². The van der Waals surface area contributed by atoms with E-state index in [-0.39, 0.29) is 6.61 Å². The van der Waals surface area contributed by atoms with Crippen LogP contribution in [-0.2, 0) is 11.3 Å². The summed E-state index contributed by atoms with van der Waals surface area (Å²) in [5.74, 6) is 0. The molecule has 4 heteroatoms. The molecule has 84 valence electrons. The van der Waals surface area contributed by atoms with E-state index in [1.54, 1.807) is 13.3 Å². The zero-order valence-electron chi connectivity index (χ0n) is 9.09. The number of methoxy groups -OCH3 is 1. The number of rotatable bonds is 7. The van der Waals surface area contributed by atoms with Gasteiger partial charge >= 0.3 is 0 Å². The molecule has 0 atom stereocenters. The molecule has 1 aromatic rings. The Morgan fingerprint density at radius 3 is 2.93 bits per heavy atom. The van der Waals surface area contributed by atoms with E-state index in [1.807, 2.05) is 18.3 Å². The molecular formula is C11H18N2O2. The molecule has 1 aromatic heterocycles. The van der Waals surface area contributed by atoms with Crippen molar-refractivity contribution in [2.24, 2.45) is 0 Å². The Bertz CT molecular complexity index is 254. The fraction of sp³-hybridized carbons (Fsp3) is 0.545. The number of aromatic nitrogens is 1. The van der Waals surface area contributed by atoms with Crippen LogP contribution in [0.5, 0.6) is 0 Å². The molecular weight excluding hydrogens is 192 g/mol. The molecule has 0 fully saturated rings. The van der Waals surface area contributed by atoms with E-state index >= 15 is 0 Å². The Kier molecular flexibility index (Phi) is 5.92. The van der Waals surface area contributed by atoms with Crippen molar-refractivity contribution >= 4 is 0 Å². The van der Waals surface area contributed by atoms with E-state index in [2.05, 4.69) is 9.88 Å². The Balaban J connectivity index is 2.43. The fourth-order valence-electron chi connectivity index (χ4n) is 1.38. The summed E-state index contributed by atoms with van der Waals surface area (Å²) in [4.78, 5) is 6.20. The monoisotopic (exact) mass is 210 g/mol. The third-order valence-corrected chi connectivity index (χ3v) is 2.16. The van der Waals surface area contributed by atoms with Crippen molar-refractivity contribution in [3.63, 3.8) is 0 Å². The zero-order chi connectivity index (χ0) is 10.9. The minimum absolute atomic E-state index is 0.171. The summed E-state index contributed by atoms with van der Waals surface area (Å²) >= 11 is 0. The van der Waals surface area contributed by atoms with Gasteiger partial charge in [0.1, 0.15) is 0 Å². The van der Waals surface area contributed by atoms with Gasteiger partial charge in [-0.1, -0.05) is 6.07 Å². The predicted octanol–water partition coefficient (Wildman–Crippen LogP) is 0.522. The highest BCUT2D eigenvalue weighted by molar-refractivity contribution is 5.08. The van der Waals surface area contributed by atoms with Crippen molar-refractivity contribution in [1.82, 2.24) is 9.88 Å². The van der Waals surface area contributed by atoms with Gasteiger partial charge in [0.05, 0.1) is 13.2 Å². The minimum atomic E-state index is 0.171. The van der Waals surface area contributed by atoms with Crippen molar-refractivity contribution < 1.29 is 9.84 Å². The highest BCUT2D eigenvalue weighted by Gasteiger charge is 2.04. The van der Waals surface area contributed by atoms with Gasteiger partial charge in [-0.15, -0.1) is 0 Å². The van der Waals surface area contributed by atoms with Crippen LogP contribution in [0, 0.1) is 0 Å². The maximum atomic E-state index is 8.92. The Morgan fingerprint density at radius 2 is 2.33 bits per heavy atom. The number of ether oxygens (including phenoxy) is 1. The zero-order valence-corrected chi connectivity index (χ0v) is 9.09. The van der Waals surface area contributed by atoms with E-state index in [1.165, 1.54) is 0 Å². The third kappa shape index (κ3) is 4.88. The van der Waals surface area contributed by atoms with Crippen LogP contribution in [0.3, 0.4) is 0 Å². The average Bonchev–Trinajstić information content (AvgIpc) is 2.28. The molecule has 0 aliphatic rings. The van der Waals surface area contributed by atoms with E-state index < -0.39 is 0 Å². The average molecular weight is 210 g/mol. The Labute approximate surface area is 90.5 Å². The van der Waals surface area contributed by atoms with Gasteiger partial charge in [0.15, 0.2) is 0 Å². The summed E-state index contributed by atoms with van der Waals surface area (Å²) in [6.45, 7) is 3.15. The van der Waals surface area contributed by atoms with Crippen LogP contribution in [0.25, 0.3) is 0 Å². The summed E-state index contributed by atoms with van der Waals surface area (Å²) in [6, 6.07) is 3.95. The molecule has 0 unspecified atom stereocenters. The first-order valence-corrected chi connectivity index (χ1v) is 5.08. The second kappa shape index (κ2) is 7.34. The van der Waals surface area contributed by atoms with Crippen LogP contribution < -0.4 is 0 Å². The molecule has 0 aliphatic heterocycles. The van der Waals surface area contributed by atoms with E-state index in [0.717, 1.165) is 18.7 Å². The third-order valence-electron chi connectivity index (χ3n) is 2.16. The van der Waals surface area contributed by atoms with Gasteiger partial charge in [-0.25, -0.2) is 0 Å². The van der Waals surface area contributed by atoms with Crippen LogP contribution in [0.1, 0.15) is 5.56 Å². The lowest BCUT2D eigenvalue weighted by Crippen LogP contribution is -2.29. The fourth-order valence-corrected chi connectivity index (χ4v) is 1.38. The maximum Gasteiger partial charge on any atom is 0.0589 e. The summed E-state index contributed by atoms with van der Waals surface area (Å²) < 4.78 is 5.02. The molecule has 0 aromatic carbocycles. The predicted molar refractivity (Wildman–Crippen MR) is 58.5 cm³/mol. The van der Waals surface area contributed by atoms with E-state index in [9.17, 15) is 0 Å². The molecule has 1 N–H and O–H groups in total. The lowest BCUT2D eigenvalue weighted by molar-refractivity contribution is 0.127. The lowest BCUT2D eigenvalue weighted by Gasteiger charge is -2.20. The molecule has 1 rings (SSSR count). The van der Waals surface area contributed by atoms with Gasteiger partial charge in [0.25, 0.3) is 0 Å². The summed E-state index contributed by atoms with van der Waals surface area (Å²) in [5.41, 5.74) is 1.15. The van der Waals surface area contributed by atoms with Gasteiger partial charge in [-0.05, 0) is 11.6 Å². The first-order valence-electron chi connectivity index (χ1n) is 5.08. The topological polar surface area (TPSA) is 45.6 Å². The second-order valence-electron chi connectivity index (χ2n) is 3.35. The molecule has 0 aliphatic carbocycles. The van der Waals surface area contributed by atoms with Crippen LogP contribution in [0.2, 0.25) is 0 Å². The summed E-state index contributed by atoms with van der Waals surface area (Å²) in [5, 5.41) is 8.92. The number of nitrogens with zero attached hydrogens (tertiary/aromatic N) is 2. The van der Waals surface area contributed by atoms with Crippen LogP contribution in [-0.4, -0.2) is 48.4 Å². The molecule has 0 amide bonds. The quantitative estimate of drug-likeness (QED) is 0.712. The number of aliphatic hydroxyl groups is 1. The largest absolute Gasteiger partial charge is 0.395 e. The first kappa shape index (κ1) is 12.1. The van der Waals surface area contributed by atoms with Gasteiger partial charge in [0.2, 0.25) is 0 Å². The second-order valence-corrected chi connectivity index (χ2v) is 3.35. The van der Waals surface area contributed by atoms with Crippen LogP contribution in [0.4, 0.5) is 0 Å². The Morgan fingerprint density at radius 1 is 1.47 bits per heavy atom. The lowest BCUT2D eigenvalue weighted by atomic mass is 10.2. The smallest absolute Gasteiger partial charge is 0.0589 e. The molecule has 4 nitrogen and oxygen atoms in total. The molecule has 0 spiro atoms. The van der Waals surface area contributed by atoms with Crippen molar-refractivity contribution in [2.45, 2.75) is 6.54 Å². The molecule has 0 saturated heterocycles. The van der Waals surface area contributed by atoms with Crippen molar-refractivity contribution in [1.29, 1.82) is 0 Å². The minimum Gasteiger partial charge on any atom is -0.395 e. The molecule has 0 saturated carbocycles. The van der Waals surface area contributed by atoms with Crippen LogP contribution in [0.15, 0.2) is 24.5 Å². The summed E-state index contributed by atoms with van der Waals surface area (Å²) in [7, 11) is 1.68. The first-order chi connectivity index (χ1) is 7.36. The Hall–Kier alpha value is -0.970. The van der Waals surface area contributed by atoms with Gasteiger partial charge < -0.3 is 9.84 Å². The normalized spacial score (nSPS) is 10.9. The maximum absolute atomic E-state index is 8.92. The van der Waals surface area contributed by atoms with E-state index in [4.69, 9.17) is 9.84 Å². The van der Waals surface area contributed by atoms with Gasteiger partial charge in [0, 0.05) is 39.1 Å². The van der Waals surface area contributed by atoms with Gasteiger partial charge in [-0.3, -0.25) is 9.88 Å². The number of aliphatic hydroxyl groups excluding tert-OH is 1. The highest BCUT2D eigenvalue weighted by atomic mass is 16.5. The highest BCUT2D eigenvalue weighted by Crippen LogP contribution is 2.01. The van der Waals surface area contributed by atoms with Crippen molar-refractivity contribution in [2.75, 3.05) is 33.4 Å². The number of pyridine rings is 1. The van der Waals surface area contributed by atoms with Gasteiger partial charge in [-0.2, -0.15) is 0 Å². The standard InChI is InChI=1S/C11H18N2O2/c1-15-8-6-13(5-7-14)10-11-3-2-4-12-9-11/h2-4,9,14H,5-8,10H2,1H3. The molecule has 0 bridgehead atoms. The summed E-state index contributed by atoms with van der Waals surface area (Å²) in [6.07, 6.45) is 3.60. The number of hydrogen-bond donors (Lipinski definition) is 1.